The van der Waals surface area contributed by atoms with Crippen LogP contribution in [0.4, 0.5) is 5.69 Å². The standard InChI is InChI=1S/C23H25N3O2/c1-15(2)19-5-4-6-21(11-19)26-14-20(12-22(26)27)23(28)25-16(3)18-9-7-17(13-24)8-10-18/h4-11,15-16,20H,12,14H2,1-3H3,(H,25,28)/t16-,20+/m0/s1. The van der Waals surface area contributed by atoms with E-state index in [0.717, 1.165) is 11.3 Å². The molecule has 144 valence electrons. The SMILES string of the molecule is CC(C)c1cccc(N2C[C@H](C(=O)N[C@@H](C)c3ccc(C#N)cc3)CC2=O)c1. The molecule has 0 unspecified atom stereocenters. The van der Waals surface area contributed by atoms with Crippen LogP contribution in [0.25, 0.3) is 0 Å². The molecule has 1 heterocycles. The van der Waals surface area contributed by atoms with Crippen molar-refractivity contribution in [2.75, 3.05) is 11.4 Å². The zero-order chi connectivity index (χ0) is 20.3. The van der Waals surface area contributed by atoms with Gasteiger partial charge in [-0.3, -0.25) is 9.59 Å². The molecule has 1 saturated heterocycles. The Kier molecular flexibility index (Phi) is 5.79. The third kappa shape index (κ3) is 4.23. The molecule has 0 bridgehead atoms. The first-order chi connectivity index (χ1) is 13.4. The lowest BCUT2D eigenvalue weighted by atomic mass is 10.0. The molecular weight excluding hydrogens is 350 g/mol. The highest BCUT2D eigenvalue weighted by molar-refractivity contribution is 6.00. The minimum Gasteiger partial charge on any atom is -0.349 e. The van der Waals surface area contributed by atoms with Gasteiger partial charge in [-0.05, 0) is 48.2 Å². The van der Waals surface area contributed by atoms with Gasteiger partial charge in [0.2, 0.25) is 11.8 Å². The van der Waals surface area contributed by atoms with Crippen LogP contribution in [0.2, 0.25) is 0 Å². The van der Waals surface area contributed by atoms with Crippen molar-refractivity contribution < 1.29 is 9.59 Å². The van der Waals surface area contributed by atoms with Crippen LogP contribution in [-0.4, -0.2) is 18.4 Å². The van der Waals surface area contributed by atoms with Gasteiger partial charge >= 0.3 is 0 Å². The Morgan fingerprint density at radius 3 is 2.50 bits per heavy atom. The van der Waals surface area contributed by atoms with Crippen molar-refractivity contribution in [3.05, 3.63) is 65.2 Å². The van der Waals surface area contributed by atoms with Crippen LogP contribution in [0.5, 0.6) is 0 Å². The molecule has 0 saturated carbocycles. The summed E-state index contributed by atoms with van der Waals surface area (Å²) in [5, 5.41) is 11.9. The Hall–Kier alpha value is -3.13. The second-order valence-electron chi connectivity index (χ2n) is 7.62. The van der Waals surface area contributed by atoms with Crippen LogP contribution in [0.15, 0.2) is 48.5 Å². The number of benzene rings is 2. The second kappa shape index (κ2) is 8.26. The Bertz CT molecular complexity index is 912. The van der Waals surface area contributed by atoms with Gasteiger partial charge in [0.25, 0.3) is 0 Å². The highest BCUT2D eigenvalue weighted by Gasteiger charge is 2.35. The van der Waals surface area contributed by atoms with Gasteiger partial charge in [0, 0.05) is 18.7 Å². The lowest BCUT2D eigenvalue weighted by Gasteiger charge is -2.20. The molecule has 1 fully saturated rings. The summed E-state index contributed by atoms with van der Waals surface area (Å²) < 4.78 is 0. The van der Waals surface area contributed by atoms with Crippen molar-refractivity contribution in [3.8, 4) is 6.07 Å². The lowest BCUT2D eigenvalue weighted by molar-refractivity contribution is -0.126. The minimum atomic E-state index is -0.365. The smallest absolute Gasteiger partial charge is 0.227 e. The number of nitrogens with zero attached hydrogens (tertiary/aromatic N) is 2. The largest absolute Gasteiger partial charge is 0.349 e. The van der Waals surface area contributed by atoms with E-state index in [1.807, 2.05) is 37.3 Å². The molecular formula is C23H25N3O2. The molecule has 0 spiro atoms. The van der Waals surface area contributed by atoms with Gasteiger partial charge in [-0.25, -0.2) is 0 Å². The van der Waals surface area contributed by atoms with Crippen LogP contribution >= 0.6 is 0 Å². The predicted molar refractivity (Wildman–Crippen MR) is 109 cm³/mol. The average Bonchev–Trinajstić information content (AvgIpc) is 3.10. The number of nitriles is 1. The lowest BCUT2D eigenvalue weighted by Crippen LogP contribution is -2.34. The van der Waals surface area contributed by atoms with E-state index in [1.165, 1.54) is 5.56 Å². The Morgan fingerprint density at radius 2 is 1.86 bits per heavy atom. The topological polar surface area (TPSA) is 73.2 Å². The molecule has 2 aromatic rings. The first-order valence-electron chi connectivity index (χ1n) is 9.59. The molecule has 28 heavy (non-hydrogen) atoms. The third-order valence-corrected chi connectivity index (χ3v) is 5.24. The number of rotatable bonds is 5. The number of carbonyl (C=O) groups is 2. The summed E-state index contributed by atoms with van der Waals surface area (Å²) in [6.07, 6.45) is 0.220. The van der Waals surface area contributed by atoms with Gasteiger partial charge in [-0.1, -0.05) is 38.1 Å². The van der Waals surface area contributed by atoms with Crippen molar-refractivity contribution in [1.29, 1.82) is 5.26 Å². The maximum atomic E-state index is 12.7. The van der Waals surface area contributed by atoms with Crippen molar-refractivity contribution in [2.45, 2.75) is 39.2 Å². The number of hydrogen-bond acceptors (Lipinski definition) is 3. The van der Waals surface area contributed by atoms with Crippen molar-refractivity contribution in [2.24, 2.45) is 5.92 Å². The summed E-state index contributed by atoms with van der Waals surface area (Å²) in [7, 11) is 0. The molecule has 1 aliphatic rings. The summed E-state index contributed by atoms with van der Waals surface area (Å²) in [4.78, 5) is 26.9. The van der Waals surface area contributed by atoms with Crippen LogP contribution in [0, 0.1) is 17.2 Å². The van der Waals surface area contributed by atoms with Crippen molar-refractivity contribution in [3.63, 3.8) is 0 Å². The van der Waals surface area contributed by atoms with E-state index in [2.05, 4.69) is 31.3 Å². The van der Waals surface area contributed by atoms with Gasteiger partial charge in [0.15, 0.2) is 0 Å². The molecule has 1 N–H and O–H groups in total. The molecule has 3 rings (SSSR count). The number of amides is 2. The molecule has 5 nitrogen and oxygen atoms in total. The first kappa shape index (κ1) is 19.6. The fourth-order valence-electron chi connectivity index (χ4n) is 3.45. The number of hydrogen-bond donors (Lipinski definition) is 1. The minimum absolute atomic E-state index is 0.0212. The number of carbonyl (C=O) groups excluding carboxylic acids is 2. The average molecular weight is 375 g/mol. The molecule has 0 radical (unpaired) electrons. The van der Waals surface area contributed by atoms with Gasteiger partial charge in [0.05, 0.1) is 23.6 Å². The van der Waals surface area contributed by atoms with E-state index < -0.39 is 0 Å². The first-order valence-corrected chi connectivity index (χ1v) is 9.59. The van der Waals surface area contributed by atoms with Crippen LogP contribution in [0.1, 0.15) is 55.8 Å². The molecule has 1 aliphatic heterocycles. The van der Waals surface area contributed by atoms with Crippen molar-refractivity contribution >= 4 is 17.5 Å². The summed E-state index contributed by atoms with van der Waals surface area (Å²) in [6.45, 7) is 6.53. The van der Waals surface area contributed by atoms with E-state index in [4.69, 9.17) is 5.26 Å². The van der Waals surface area contributed by atoms with E-state index >= 15 is 0 Å². The molecule has 5 heteroatoms. The zero-order valence-electron chi connectivity index (χ0n) is 16.5. The highest BCUT2D eigenvalue weighted by atomic mass is 16.2. The van der Waals surface area contributed by atoms with Crippen LogP contribution in [-0.2, 0) is 9.59 Å². The summed E-state index contributed by atoms with van der Waals surface area (Å²) >= 11 is 0. The molecule has 2 amide bonds. The van der Waals surface area contributed by atoms with E-state index in [0.29, 0.717) is 18.0 Å². The zero-order valence-corrected chi connectivity index (χ0v) is 16.5. The van der Waals surface area contributed by atoms with E-state index in [9.17, 15) is 9.59 Å². The van der Waals surface area contributed by atoms with Crippen LogP contribution < -0.4 is 10.2 Å². The molecule has 2 atom stereocenters. The van der Waals surface area contributed by atoms with Gasteiger partial charge in [-0.15, -0.1) is 0 Å². The molecule has 2 aromatic carbocycles. The summed E-state index contributed by atoms with van der Waals surface area (Å²) in [5.41, 5.74) is 3.54. The Balaban J connectivity index is 1.66. The maximum absolute atomic E-state index is 12.7. The monoisotopic (exact) mass is 375 g/mol. The maximum Gasteiger partial charge on any atom is 0.227 e. The normalized spacial score (nSPS) is 17.5. The molecule has 0 aliphatic carbocycles. The third-order valence-electron chi connectivity index (χ3n) is 5.24. The van der Waals surface area contributed by atoms with E-state index in [1.54, 1.807) is 17.0 Å². The van der Waals surface area contributed by atoms with Crippen molar-refractivity contribution in [1.82, 2.24) is 5.32 Å². The fourth-order valence-corrected chi connectivity index (χ4v) is 3.45. The van der Waals surface area contributed by atoms with Gasteiger partial charge in [0.1, 0.15) is 0 Å². The summed E-state index contributed by atoms with van der Waals surface area (Å²) in [6, 6.07) is 17.0. The van der Waals surface area contributed by atoms with E-state index in [-0.39, 0.29) is 30.2 Å². The quantitative estimate of drug-likeness (QED) is 0.861. The summed E-state index contributed by atoms with van der Waals surface area (Å²) in [5.74, 6) is -0.124. The molecule has 0 aromatic heterocycles. The number of anilines is 1. The fraction of sp³-hybridized carbons (Fsp3) is 0.348. The van der Waals surface area contributed by atoms with Crippen LogP contribution in [0.3, 0.4) is 0 Å². The predicted octanol–water partition coefficient (Wildman–Crippen LogP) is 3.91. The Labute approximate surface area is 166 Å². The van der Waals surface area contributed by atoms with Gasteiger partial charge in [-0.2, -0.15) is 5.26 Å². The second-order valence-corrected chi connectivity index (χ2v) is 7.62. The highest BCUT2D eigenvalue weighted by Crippen LogP contribution is 2.28. The Morgan fingerprint density at radius 1 is 1.14 bits per heavy atom. The van der Waals surface area contributed by atoms with Gasteiger partial charge < -0.3 is 10.2 Å². The number of nitrogens with one attached hydrogen (secondary N) is 1.